The summed E-state index contributed by atoms with van der Waals surface area (Å²) >= 11 is 0. The molecule has 0 N–H and O–H groups in total. The Labute approximate surface area is 132 Å². The summed E-state index contributed by atoms with van der Waals surface area (Å²) in [5, 5.41) is 0. The van der Waals surface area contributed by atoms with Crippen molar-refractivity contribution in [2.75, 3.05) is 0 Å². The van der Waals surface area contributed by atoms with Gasteiger partial charge in [-0.05, 0) is 66.5 Å². The van der Waals surface area contributed by atoms with Crippen molar-refractivity contribution in [2.45, 2.75) is 39.0 Å². The van der Waals surface area contributed by atoms with E-state index in [-0.39, 0.29) is 5.78 Å². The van der Waals surface area contributed by atoms with Crippen molar-refractivity contribution in [3.05, 3.63) is 76.4 Å². The number of carbonyl (C=O) groups is 1. The Morgan fingerprint density at radius 3 is 2.45 bits per heavy atom. The Bertz CT molecular complexity index is 692. The number of rotatable bonds is 4. The monoisotopic (exact) mass is 290 g/mol. The van der Waals surface area contributed by atoms with Gasteiger partial charge in [-0.3, -0.25) is 4.79 Å². The number of hydrogen-bond donors (Lipinski definition) is 0. The lowest BCUT2D eigenvalue weighted by Crippen LogP contribution is -2.05. The van der Waals surface area contributed by atoms with Crippen LogP contribution in [-0.2, 0) is 19.3 Å². The zero-order chi connectivity index (χ0) is 15.4. The van der Waals surface area contributed by atoms with Crippen LogP contribution in [0, 0.1) is 0 Å². The Hall–Kier alpha value is -2.15. The number of allylic oxidation sites excluding steroid dienone is 1. The van der Waals surface area contributed by atoms with Crippen LogP contribution in [0.2, 0.25) is 0 Å². The zero-order valence-electron chi connectivity index (χ0n) is 13.1. The van der Waals surface area contributed by atoms with Crippen LogP contribution in [0.25, 0.3) is 6.08 Å². The van der Waals surface area contributed by atoms with Crippen molar-refractivity contribution < 1.29 is 4.79 Å². The third-order valence-corrected chi connectivity index (χ3v) is 4.45. The van der Waals surface area contributed by atoms with Gasteiger partial charge in [-0.1, -0.05) is 49.4 Å². The lowest BCUT2D eigenvalue weighted by Gasteiger charge is -2.15. The average Bonchev–Trinajstić information content (AvgIpc) is 2.59. The number of aryl methyl sites for hydroxylation is 3. The SMILES string of the molecule is CCc1ccc(/C=C/C(=O)c2ccc3c(c2)CCCC3)cc1. The first kappa shape index (κ1) is 14.8. The molecule has 2 aromatic carbocycles. The maximum absolute atomic E-state index is 12.3. The molecule has 0 amide bonds. The van der Waals surface area contributed by atoms with Gasteiger partial charge in [-0.15, -0.1) is 0 Å². The number of fused-ring (bicyclic) bond motifs is 1. The quantitative estimate of drug-likeness (QED) is 0.570. The van der Waals surface area contributed by atoms with Crippen LogP contribution in [-0.4, -0.2) is 5.78 Å². The van der Waals surface area contributed by atoms with Crippen LogP contribution in [0.15, 0.2) is 48.5 Å². The topological polar surface area (TPSA) is 17.1 Å². The van der Waals surface area contributed by atoms with E-state index in [0.717, 1.165) is 30.4 Å². The highest BCUT2D eigenvalue weighted by Gasteiger charge is 2.11. The summed E-state index contributed by atoms with van der Waals surface area (Å²) in [6.07, 6.45) is 9.41. The Balaban J connectivity index is 1.74. The summed E-state index contributed by atoms with van der Waals surface area (Å²) in [4.78, 5) is 12.3. The third-order valence-electron chi connectivity index (χ3n) is 4.45. The van der Waals surface area contributed by atoms with Crippen molar-refractivity contribution in [2.24, 2.45) is 0 Å². The molecule has 1 aliphatic carbocycles. The van der Waals surface area contributed by atoms with E-state index in [9.17, 15) is 4.79 Å². The number of hydrogen-bond acceptors (Lipinski definition) is 1. The molecule has 0 spiro atoms. The molecule has 112 valence electrons. The molecular weight excluding hydrogens is 268 g/mol. The molecule has 0 aliphatic heterocycles. The van der Waals surface area contributed by atoms with Gasteiger partial charge in [0.2, 0.25) is 0 Å². The first-order valence-electron chi connectivity index (χ1n) is 8.19. The predicted molar refractivity (Wildman–Crippen MR) is 92.3 cm³/mol. The van der Waals surface area contributed by atoms with E-state index in [1.165, 1.54) is 29.5 Å². The van der Waals surface area contributed by atoms with Crippen LogP contribution in [0.3, 0.4) is 0 Å². The van der Waals surface area contributed by atoms with E-state index in [0.29, 0.717) is 0 Å². The molecule has 0 saturated heterocycles. The average molecular weight is 290 g/mol. The van der Waals surface area contributed by atoms with E-state index in [2.05, 4.69) is 43.3 Å². The van der Waals surface area contributed by atoms with Crippen molar-refractivity contribution in [3.63, 3.8) is 0 Å². The first-order valence-corrected chi connectivity index (χ1v) is 8.19. The van der Waals surface area contributed by atoms with Gasteiger partial charge in [-0.2, -0.15) is 0 Å². The molecule has 1 aliphatic rings. The summed E-state index contributed by atoms with van der Waals surface area (Å²) in [6, 6.07) is 14.5. The second-order valence-corrected chi connectivity index (χ2v) is 5.98. The molecule has 0 fully saturated rings. The molecule has 0 atom stereocenters. The summed E-state index contributed by atoms with van der Waals surface area (Å²) in [5.74, 6) is 0.0907. The number of carbonyl (C=O) groups excluding carboxylic acids is 1. The Morgan fingerprint density at radius 1 is 1.00 bits per heavy atom. The van der Waals surface area contributed by atoms with E-state index in [1.807, 2.05) is 12.1 Å². The summed E-state index contributed by atoms with van der Waals surface area (Å²) in [7, 11) is 0. The fourth-order valence-corrected chi connectivity index (χ4v) is 3.02. The van der Waals surface area contributed by atoms with Gasteiger partial charge in [-0.25, -0.2) is 0 Å². The maximum Gasteiger partial charge on any atom is 0.185 e. The highest BCUT2D eigenvalue weighted by molar-refractivity contribution is 6.07. The van der Waals surface area contributed by atoms with Gasteiger partial charge in [0.25, 0.3) is 0 Å². The zero-order valence-corrected chi connectivity index (χ0v) is 13.1. The second-order valence-electron chi connectivity index (χ2n) is 5.98. The van der Waals surface area contributed by atoms with Crippen LogP contribution >= 0.6 is 0 Å². The van der Waals surface area contributed by atoms with Crippen molar-refractivity contribution in [1.29, 1.82) is 0 Å². The third kappa shape index (κ3) is 3.36. The number of ketones is 1. The van der Waals surface area contributed by atoms with Crippen LogP contribution < -0.4 is 0 Å². The van der Waals surface area contributed by atoms with E-state index < -0.39 is 0 Å². The van der Waals surface area contributed by atoms with Crippen molar-refractivity contribution >= 4 is 11.9 Å². The fourth-order valence-electron chi connectivity index (χ4n) is 3.02. The van der Waals surface area contributed by atoms with Crippen LogP contribution in [0.1, 0.15) is 52.4 Å². The Kier molecular flexibility index (Phi) is 4.53. The fraction of sp³-hybridized carbons (Fsp3) is 0.286. The van der Waals surface area contributed by atoms with Crippen LogP contribution in [0.5, 0.6) is 0 Å². The Morgan fingerprint density at radius 2 is 1.73 bits per heavy atom. The molecule has 0 saturated carbocycles. The molecule has 2 aromatic rings. The molecule has 0 radical (unpaired) electrons. The molecule has 0 unspecified atom stereocenters. The molecule has 0 heterocycles. The highest BCUT2D eigenvalue weighted by atomic mass is 16.1. The first-order chi connectivity index (χ1) is 10.8. The van der Waals surface area contributed by atoms with Crippen molar-refractivity contribution in [1.82, 2.24) is 0 Å². The van der Waals surface area contributed by atoms with E-state index >= 15 is 0 Å². The summed E-state index contributed by atoms with van der Waals surface area (Å²) < 4.78 is 0. The van der Waals surface area contributed by atoms with Gasteiger partial charge in [0.1, 0.15) is 0 Å². The van der Waals surface area contributed by atoms with Gasteiger partial charge >= 0.3 is 0 Å². The standard InChI is InChI=1S/C21H22O/c1-2-16-7-9-17(10-8-16)11-14-21(22)20-13-12-18-5-3-4-6-19(18)15-20/h7-15H,2-6H2,1H3/b14-11+. The highest BCUT2D eigenvalue weighted by Crippen LogP contribution is 2.22. The van der Waals surface area contributed by atoms with Gasteiger partial charge in [0, 0.05) is 5.56 Å². The molecule has 1 nitrogen and oxygen atoms in total. The molecule has 1 heteroatoms. The van der Waals surface area contributed by atoms with E-state index in [1.54, 1.807) is 6.08 Å². The lowest BCUT2D eigenvalue weighted by molar-refractivity contribution is 0.104. The molecular formula is C21H22O. The second kappa shape index (κ2) is 6.74. The maximum atomic E-state index is 12.3. The molecule has 22 heavy (non-hydrogen) atoms. The normalized spacial score (nSPS) is 14.0. The molecule has 3 rings (SSSR count). The largest absolute Gasteiger partial charge is 0.289 e. The predicted octanol–water partition coefficient (Wildman–Crippen LogP) is 5.02. The van der Waals surface area contributed by atoms with Crippen molar-refractivity contribution in [3.8, 4) is 0 Å². The minimum Gasteiger partial charge on any atom is -0.289 e. The van der Waals surface area contributed by atoms with Gasteiger partial charge in [0.15, 0.2) is 5.78 Å². The summed E-state index contributed by atoms with van der Waals surface area (Å²) in [5.41, 5.74) is 5.98. The smallest absolute Gasteiger partial charge is 0.185 e. The van der Waals surface area contributed by atoms with Gasteiger partial charge < -0.3 is 0 Å². The molecule has 0 bridgehead atoms. The van der Waals surface area contributed by atoms with Gasteiger partial charge in [0.05, 0.1) is 0 Å². The minimum atomic E-state index is 0.0907. The molecule has 0 aromatic heterocycles. The summed E-state index contributed by atoms with van der Waals surface area (Å²) in [6.45, 7) is 2.14. The van der Waals surface area contributed by atoms with Crippen LogP contribution in [0.4, 0.5) is 0 Å². The minimum absolute atomic E-state index is 0.0907. The number of benzene rings is 2. The van der Waals surface area contributed by atoms with E-state index in [4.69, 9.17) is 0 Å². The lowest BCUT2D eigenvalue weighted by atomic mass is 9.90.